The summed E-state index contributed by atoms with van der Waals surface area (Å²) in [6.45, 7) is 4.15. The monoisotopic (exact) mass is 318 g/mol. The first kappa shape index (κ1) is 16.5. The molecule has 0 saturated heterocycles. The van der Waals surface area contributed by atoms with E-state index in [1.165, 1.54) is 0 Å². The summed E-state index contributed by atoms with van der Waals surface area (Å²) in [5, 5.41) is 5.87. The summed E-state index contributed by atoms with van der Waals surface area (Å²) in [6, 6.07) is 8.00. The van der Waals surface area contributed by atoms with Gasteiger partial charge in [0.2, 0.25) is 5.91 Å². The van der Waals surface area contributed by atoms with Gasteiger partial charge in [0.15, 0.2) is 0 Å². The van der Waals surface area contributed by atoms with E-state index in [9.17, 15) is 4.79 Å². The van der Waals surface area contributed by atoms with Crippen LogP contribution in [0.3, 0.4) is 0 Å². The van der Waals surface area contributed by atoms with Crippen molar-refractivity contribution in [3.05, 3.63) is 35.3 Å². The maximum atomic E-state index is 12.0. The molecule has 2 rings (SSSR count). The van der Waals surface area contributed by atoms with Gasteiger partial charge < -0.3 is 10.1 Å². The van der Waals surface area contributed by atoms with Gasteiger partial charge in [-0.15, -0.1) is 11.3 Å². The van der Waals surface area contributed by atoms with Crippen LogP contribution in [0.5, 0.6) is 5.75 Å². The molecule has 1 amide bonds. The van der Waals surface area contributed by atoms with Crippen LogP contribution in [0.2, 0.25) is 0 Å². The van der Waals surface area contributed by atoms with Crippen LogP contribution in [0.25, 0.3) is 10.6 Å². The topological polar surface area (TPSA) is 51.2 Å². The number of hydrogen-bond acceptors (Lipinski definition) is 4. The number of amides is 1. The molecule has 0 radical (unpaired) electrons. The van der Waals surface area contributed by atoms with Gasteiger partial charge in [0.1, 0.15) is 10.8 Å². The fraction of sp³-hybridized carbons (Fsp3) is 0.412. The number of rotatable bonds is 7. The van der Waals surface area contributed by atoms with Crippen LogP contribution in [0.15, 0.2) is 29.6 Å². The van der Waals surface area contributed by atoms with Crippen molar-refractivity contribution in [1.82, 2.24) is 10.3 Å². The lowest BCUT2D eigenvalue weighted by Gasteiger charge is -2.11. The molecule has 0 unspecified atom stereocenters. The van der Waals surface area contributed by atoms with Crippen molar-refractivity contribution in [3.8, 4) is 16.3 Å². The van der Waals surface area contributed by atoms with Crippen molar-refractivity contribution in [2.45, 2.75) is 39.2 Å². The van der Waals surface area contributed by atoms with E-state index in [4.69, 9.17) is 4.74 Å². The Morgan fingerprint density at radius 2 is 2.09 bits per heavy atom. The average Bonchev–Trinajstić information content (AvgIpc) is 2.95. The number of nitrogens with one attached hydrogen (secondary N) is 1. The third-order valence-corrected chi connectivity index (χ3v) is 4.30. The van der Waals surface area contributed by atoms with E-state index in [0.29, 0.717) is 6.42 Å². The van der Waals surface area contributed by atoms with Crippen molar-refractivity contribution in [2.24, 2.45) is 0 Å². The zero-order chi connectivity index (χ0) is 15.9. The van der Waals surface area contributed by atoms with Crippen LogP contribution in [-0.2, 0) is 11.2 Å². The van der Waals surface area contributed by atoms with Gasteiger partial charge in [0.05, 0.1) is 19.2 Å². The van der Waals surface area contributed by atoms with Gasteiger partial charge in [-0.3, -0.25) is 4.79 Å². The highest BCUT2D eigenvalue weighted by Crippen LogP contribution is 2.25. The molecule has 4 nitrogen and oxygen atoms in total. The molecule has 1 N–H and O–H groups in total. The lowest BCUT2D eigenvalue weighted by atomic mass is 10.2. The second kappa shape index (κ2) is 7.94. The largest absolute Gasteiger partial charge is 0.497 e. The van der Waals surface area contributed by atoms with Crippen LogP contribution in [0, 0.1) is 0 Å². The first-order valence-electron chi connectivity index (χ1n) is 7.50. The maximum Gasteiger partial charge on any atom is 0.226 e. The van der Waals surface area contributed by atoms with Gasteiger partial charge in [0.25, 0.3) is 0 Å². The van der Waals surface area contributed by atoms with E-state index in [0.717, 1.165) is 34.9 Å². The van der Waals surface area contributed by atoms with E-state index in [2.05, 4.69) is 17.2 Å². The molecule has 0 aliphatic heterocycles. The Labute approximate surface area is 135 Å². The smallest absolute Gasteiger partial charge is 0.226 e. The molecule has 0 aliphatic rings. The molecule has 1 aromatic carbocycles. The van der Waals surface area contributed by atoms with E-state index in [1.807, 2.05) is 36.6 Å². The summed E-state index contributed by atoms with van der Waals surface area (Å²) in [5.74, 6) is 0.859. The molecule has 5 heteroatoms. The molecule has 0 spiro atoms. The summed E-state index contributed by atoms with van der Waals surface area (Å²) in [7, 11) is 1.65. The molecule has 0 bridgehead atoms. The first-order chi connectivity index (χ1) is 10.6. The molecule has 0 aliphatic carbocycles. The second-order valence-corrected chi connectivity index (χ2v) is 6.16. The quantitative estimate of drug-likeness (QED) is 0.847. The van der Waals surface area contributed by atoms with Crippen LogP contribution in [0.1, 0.15) is 32.4 Å². The number of carbonyl (C=O) groups excluding carboxylic acids is 1. The number of nitrogens with zero attached hydrogens (tertiary/aromatic N) is 1. The molecule has 0 saturated carbocycles. The molecule has 1 aromatic heterocycles. The maximum absolute atomic E-state index is 12.0. The van der Waals surface area contributed by atoms with Crippen molar-refractivity contribution in [2.75, 3.05) is 7.11 Å². The van der Waals surface area contributed by atoms with E-state index in [-0.39, 0.29) is 11.9 Å². The SMILES string of the molecule is CCC[C@H](C)NC(=O)Cc1csc(-c2ccc(OC)cc2)n1. The molecule has 1 heterocycles. The van der Waals surface area contributed by atoms with Gasteiger partial charge >= 0.3 is 0 Å². The number of aromatic nitrogens is 1. The Morgan fingerprint density at radius 1 is 1.36 bits per heavy atom. The van der Waals surface area contributed by atoms with Gasteiger partial charge in [-0.2, -0.15) is 0 Å². The molecule has 0 fully saturated rings. The summed E-state index contributed by atoms with van der Waals surface area (Å²) in [5.41, 5.74) is 1.86. The summed E-state index contributed by atoms with van der Waals surface area (Å²) in [6.07, 6.45) is 2.40. The molecule has 2 aromatic rings. The van der Waals surface area contributed by atoms with E-state index in [1.54, 1.807) is 18.4 Å². The van der Waals surface area contributed by atoms with Crippen molar-refractivity contribution in [3.63, 3.8) is 0 Å². The minimum absolute atomic E-state index is 0.0348. The number of carbonyl (C=O) groups is 1. The highest BCUT2D eigenvalue weighted by atomic mass is 32.1. The van der Waals surface area contributed by atoms with Crippen LogP contribution >= 0.6 is 11.3 Å². The second-order valence-electron chi connectivity index (χ2n) is 5.31. The first-order valence-corrected chi connectivity index (χ1v) is 8.38. The average molecular weight is 318 g/mol. The lowest BCUT2D eigenvalue weighted by molar-refractivity contribution is -0.121. The van der Waals surface area contributed by atoms with Crippen LogP contribution in [0.4, 0.5) is 0 Å². The number of hydrogen-bond donors (Lipinski definition) is 1. The summed E-state index contributed by atoms with van der Waals surface area (Å²) >= 11 is 1.56. The van der Waals surface area contributed by atoms with Gasteiger partial charge in [-0.1, -0.05) is 13.3 Å². The van der Waals surface area contributed by atoms with Crippen molar-refractivity contribution < 1.29 is 9.53 Å². The Morgan fingerprint density at radius 3 is 2.73 bits per heavy atom. The summed E-state index contributed by atoms with van der Waals surface area (Å²) < 4.78 is 5.15. The molecule has 22 heavy (non-hydrogen) atoms. The molecule has 118 valence electrons. The van der Waals surface area contributed by atoms with E-state index < -0.39 is 0 Å². The Balaban J connectivity index is 1.97. The molecule has 1 atom stereocenters. The van der Waals surface area contributed by atoms with Gasteiger partial charge in [-0.25, -0.2) is 4.98 Å². The van der Waals surface area contributed by atoms with Gasteiger partial charge in [-0.05, 0) is 37.6 Å². The van der Waals surface area contributed by atoms with E-state index >= 15 is 0 Å². The Kier molecular flexibility index (Phi) is 5.95. The fourth-order valence-electron chi connectivity index (χ4n) is 2.25. The Hall–Kier alpha value is -1.88. The number of benzene rings is 1. The van der Waals surface area contributed by atoms with Crippen molar-refractivity contribution >= 4 is 17.2 Å². The van der Waals surface area contributed by atoms with Crippen molar-refractivity contribution in [1.29, 1.82) is 0 Å². The normalized spacial score (nSPS) is 12.0. The lowest BCUT2D eigenvalue weighted by Crippen LogP contribution is -2.33. The fourth-order valence-corrected chi connectivity index (χ4v) is 3.08. The number of thiazole rings is 1. The summed E-state index contributed by atoms with van der Waals surface area (Å²) in [4.78, 5) is 16.5. The zero-order valence-corrected chi connectivity index (χ0v) is 14.1. The molecular weight excluding hydrogens is 296 g/mol. The molecular formula is C17H22N2O2S. The minimum Gasteiger partial charge on any atom is -0.497 e. The predicted molar refractivity (Wildman–Crippen MR) is 90.3 cm³/mol. The van der Waals surface area contributed by atoms with Crippen LogP contribution in [-0.4, -0.2) is 24.0 Å². The predicted octanol–water partition coefficient (Wildman–Crippen LogP) is 3.67. The standard InChI is InChI=1S/C17H22N2O2S/c1-4-5-12(2)18-16(20)10-14-11-22-17(19-14)13-6-8-15(21-3)9-7-13/h6-9,11-12H,4-5,10H2,1-3H3,(H,18,20)/t12-/m0/s1. The highest BCUT2D eigenvalue weighted by molar-refractivity contribution is 7.13. The zero-order valence-electron chi connectivity index (χ0n) is 13.3. The third kappa shape index (κ3) is 4.56. The van der Waals surface area contributed by atoms with Crippen LogP contribution < -0.4 is 10.1 Å². The number of methoxy groups -OCH3 is 1. The number of ether oxygens (including phenoxy) is 1. The third-order valence-electron chi connectivity index (χ3n) is 3.36. The van der Waals surface area contributed by atoms with Gasteiger partial charge in [0, 0.05) is 17.0 Å². The Bertz CT molecular complexity index is 607. The minimum atomic E-state index is 0.0348. The highest BCUT2D eigenvalue weighted by Gasteiger charge is 2.11.